The van der Waals surface area contributed by atoms with Gasteiger partial charge in [-0.3, -0.25) is 14.1 Å². The van der Waals surface area contributed by atoms with Crippen molar-refractivity contribution in [3.63, 3.8) is 0 Å². The van der Waals surface area contributed by atoms with E-state index in [0.717, 1.165) is 30.8 Å². The van der Waals surface area contributed by atoms with Gasteiger partial charge in [-0.05, 0) is 13.0 Å². The fraction of sp³-hybridized carbons (Fsp3) is 0.571. The minimum Gasteiger partial charge on any atom is -0.478 e. The van der Waals surface area contributed by atoms with Gasteiger partial charge < -0.3 is 26.3 Å². The maximum absolute atomic E-state index is 13.3. The fourth-order valence-corrected chi connectivity index (χ4v) is 6.02. The fourth-order valence-electron chi connectivity index (χ4n) is 4.55. The molecule has 2 aromatic heterocycles. The lowest BCUT2D eigenvalue weighted by molar-refractivity contribution is -0.153. The maximum Gasteiger partial charge on any atom is 0.362 e. The second-order valence-electron chi connectivity index (χ2n) is 9.78. The van der Waals surface area contributed by atoms with E-state index in [9.17, 15) is 32.5 Å². The number of nitrogens with one attached hydrogen (secondary N) is 2. The van der Waals surface area contributed by atoms with Gasteiger partial charge in [0.2, 0.25) is 11.5 Å². The van der Waals surface area contributed by atoms with Crippen molar-refractivity contribution in [3.05, 3.63) is 23.0 Å². The van der Waals surface area contributed by atoms with Crippen molar-refractivity contribution < 1.29 is 37.3 Å². The van der Waals surface area contributed by atoms with Crippen molar-refractivity contribution in [3.8, 4) is 0 Å². The summed E-state index contributed by atoms with van der Waals surface area (Å²) in [6, 6.07) is -0.881. The van der Waals surface area contributed by atoms with Crippen LogP contribution in [0.3, 0.4) is 0 Å². The number of hydrogen-bond acceptors (Lipinski definition) is 14. The van der Waals surface area contributed by atoms with Crippen LogP contribution in [0.25, 0.3) is 0 Å². The van der Waals surface area contributed by atoms with Crippen LogP contribution in [0.2, 0.25) is 0 Å². The topological polar surface area (TPSA) is 244 Å². The van der Waals surface area contributed by atoms with Crippen molar-refractivity contribution in [1.82, 2.24) is 34.9 Å². The number of nitrogens with two attached hydrogens (primary N) is 1. The number of aromatic nitrogens is 4. The molecule has 3 atom stereocenters. The minimum absolute atomic E-state index is 0.0204. The van der Waals surface area contributed by atoms with Crippen LogP contribution in [0.4, 0.5) is 5.13 Å². The first-order valence-electron chi connectivity index (χ1n) is 12.3. The number of nitrogen functional groups attached to an aromatic ring is 1. The Balaban J connectivity index is 1.32. The molecular formula is C21H27N9O8S2. The monoisotopic (exact) mass is 597 g/mol. The number of carbonyl (C=O) groups is 3. The Kier molecular flexibility index (Phi) is 7.57. The molecule has 1 amide bonds. The highest BCUT2D eigenvalue weighted by Crippen LogP contribution is 2.40. The van der Waals surface area contributed by atoms with Gasteiger partial charge in [-0.2, -0.15) is 23.4 Å². The summed E-state index contributed by atoms with van der Waals surface area (Å²) in [5.74, 6) is -4.17. The number of carboxylic acids is 1. The van der Waals surface area contributed by atoms with E-state index < -0.39 is 51.9 Å². The zero-order valence-electron chi connectivity index (χ0n) is 21.0. The van der Waals surface area contributed by atoms with Crippen molar-refractivity contribution >= 4 is 50.1 Å². The molecule has 0 unspecified atom stereocenters. The van der Waals surface area contributed by atoms with Crippen LogP contribution in [0.5, 0.6) is 0 Å². The third-order valence-electron chi connectivity index (χ3n) is 6.95. The Morgan fingerprint density at radius 1 is 1.38 bits per heavy atom. The van der Waals surface area contributed by atoms with Gasteiger partial charge in [0.15, 0.2) is 16.6 Å². The molecule has 3 aliphatic rings. The van der Waals surface area contributed by atoms with Crippen LogP contribution in [0.15, 0.2) is 16.7 Å². The molecule has 2 aliphatic heterocycles. The first-order chi connectivity index (χ1) is 19.0. The molecule has 0 spiro atoms. The third kappa shape index (κ3) is 5.82. The van der Waals surface area contributed by atoms with Crippen LogP contribution in [-0.4, -0.2) is 96.5 Å². The second-order valence-corrected chi connectivity index (χ2v) is 12.0. The molecule has 0 bridgehead atoms. The van der Waals surface area contributed by atoms with Crippen molar-refractivity contribution in [2.45, 2.75) is 56.5 Å². The molecule has 2 aromatic rings. The van der Waals surface area contributed by atoms with Crippen molar-refractivity contribution in [2.24, 2.45) is 11.1 Å². The van der Waals surface area contributed by atoms with E-state index in [0.29, 0.717) is 12.2 Å². The Morgan fingerprint density at radius 3 is 2.75 bits per heavy atom. The number of carboxylic acid groups (broad SMARTS) is 1. The normalized spacial score (nSPS) is 24.1. The molecule has 40 heavy (non-hydrogen) atoms. The van der Waals surface area contributed by atoms with Gasteiger partial charge in [0.25, 0.3) is 0 Å². The number of β-lactam (4-membered cyclic amide) rings is 1. The number of ketones is 1. The molecular weight excluding hydrogens is 570 g/mol. The standard InChI is InChI=1S/C21H27N9O8S2/c22-20-26-14(10-39-20)17(28-38-21(2-3-21)19(33)34)16(31)5-13-15(30(18(13)32)40(35,36)37)9-29-25-8-12(27-29)7-24-11-1-4-23-6-11/h8,10-11,13,15,23-24H,1-7,9H2,(H2,22,26)(H,33,34)(H,35,36,37)/b28-17-/t11-,13-,15+/m0/s1. The quantitative estimate of drug-likeness (QED) is 0.0755. The Labute approximate surface area is 231 Å². The number of carbonyl (C=O) groups excluding carboxylic acids is 2. The lowest BCUT2D eigenvalue weighted by Crippen LogP contribution is -2.64. The van der Waals surface area contributed by atoms with Crippen LogP contribution in [0, 0.1) is 5.92 Å². The predicted molar refractivity (Wildman–Crippen MR) is 137 cm³/mol. The molecule has 3 fully saturated rings. The van der Waals surface area contributed by atoms with Crippen molar-refractivity contribution in [1.29, 1.82) is 0 Å². The molecule has 0 aromatic carbocycles. The summed E-state index contributed by atoms with van der Waals surface area (Å²) < 4.78 is 33.8. The van der Waals surface area contributed by atoms with Gasteiger partial charge >= 0.3 is 16.3 Å². The lowest BCUT2D eigenvalue weighted by Gasteiger charge is -2.43. The molecule has 6 N–H and O–H groups in total. The van der Waals surface area contributed by atoms with Gasteiger partial charge in [-0.25, -0.2) is 14.1 Å². The summed E-state index contributed by atoms with van der Waals surface area (Å²) in [4.78, 5) is 47.9. The van der Waals surface area contributed by atoms with Gasteiger partial charge in [0, 0.05) is 43.8 Å². The van der Waals surface area contributed by atoms with Crippen molar-refractivity contribution in [2.75, 3.05) is 18.8 Å². The number of aliphatic carboxylic acids is 1. The number of thiazole rings is 1. The highest BCUT2D eigenvalue weighted by molar-refractivity contribution is 7.84. The molecule has 0 radical (unpaired) electrons. The number of oxime groups is 1. The number of nitrogens with zero attached hydrogens (tertiary/aromatic N) is 6. The number of anilines is 1. The largest absolute Gasteiger partial charge is 0.478 e. The third-order valence-corrected chi connectivity index (χ3v) is 8.58. The number of rotatable bonds is 13. The summed E-state index contributed by atoms with van der Waals surface area (Å²) in [6.45, 7) is 1.95. The highest BCUT2D eigenvalue weighted by Gasteiger charge is 2.56. The smallest absolute Gasteiger partial charge is 0.362 e. The van der Waals surface area contributed by atoms with E-state index in [4.69, 9.17) is 10.6 Å². The molecule has 2 saturated heterocycles. The van der Waals surface area contributed by atoms with E-state index in [1.807, 2.05) is 0 Å². The molecule has 5 rings (SSSR count). The van der Waals surface area contributed by atoms with Gasteiger partial charge in [0.1, 0.15) is 5.69 Å². The molecule has 1 saturated carbocycles. The van der Waals surface area contributed by atoms with Crippen LogP contribution in [0.1, 0.15) is 37.1 Å². The number of hydrogen-bond donors (Lipinski definition) is 5. The highest BCUT2D eigenvalue weighted by atomic mass is 32.2. The van der Waals surface area contributed by atoms with Gasteiger partial charge in [-0.1, -0.05) is 5.16 Å². The average molecular weight is 598 g/mol. The lowest BCUT2D eigenvalue weighted by atomic mass is 9.84. The summed E-state index contributed by atoms with van der Waals surface area (Å²) in [5.41, 5.74) is 4.38. The Morgan fingerprint density at radius 2 is 2.15 bits per heavy atom. The molecule has 1 aliphatic carbocycles. The number of amides is 1. The molecule has 216 valence electrons. The van der Waals surface area contributed by atoms with E-state index in [2.05, 4.69) is 31.0 Å². The number of Topliss-reactive ketones (excluding diaryl/α,β-unsaturated/α-hetero) is 1. The Bertz CT molecular complexity index is 1450. The molecule has 4 heterocycles. The van der Waals surface area contributed by atoms with Crippen LogP contribution < -0.4 is 16.4 Å². The van der Waals surface area contributed by atoms with E-state index >= 15 is 0 Å². The van der Waals surface area contributed by atoms with E-state index in [-0.39, 0.29) is 46.3 Å². The first-order valence-corrected chi connectivity index (χ1v) is 14.6. The zero-order valence-corrected chi connectivity index (χ0v) is 22.6. The summed E-state index contributed by atoms with van der Waals surface area (Å²) >= 11 is 1.01. The van der Waals surface area contributed by atoms with Gasteiger partial charge in [-0.15, -0.1) is 11.3 Å². The van der Waals surface area contributed by atoms with E-state index in [1.54, 1.807) is 0 Å². The predicted octanol–water partition coefficient (Wildman–Crippen LogP) is -1.60. The van der Waals surface area contributed by atoms with Crippen LogP contribution >= 0.6 is 11.3 Å². The Hall–Kier alpha value is -3.52. The molecule has 17 nitrogen and oxygen atoms in total. The summed E-state index contributed by atoms with van der Waals surface area (Å²) in [6.07, 6.45) is 2.34. The maximum atomic E-state index is 13.3. The second kappa shape index (κ2) is 10.8. The van der Waals surface area contributed by atoms with Crippen LogP contribution in [-0.2, 0) is 42.6 Å². The zero-order chi connectivity index (χ0) is 28.7. The summed E-state index contributed by atoms with van der Waals surface area (Å²) in [5, 5.41) is 29.7. The molecule has 19 heteroatoms. The summed E-state index contributed by atoms with van der Waals surface area (Å²) in [7, 11) is -4.93. The van der Waals surface area contributed by atoms with Gasteiger partial charge in [0.05, 0.1) is 30.4 Å². The average Bonchev–Trinajstić information content (AvgIpc) is 3.22. The SMILES string of the molecule is Nc1nc(/C(=N/OC2(C(=O)O)CC2)C(=O)C[C@@H]2C(=O)N(S(=O)(=O)O)[C@@H]2Cn2ncc(CN[C@H]3CCNC3)n2)cs1. The van der Waals surface area contributed by atoms with E-state index in [1.165, 1.54) is 16.4 Å². The first kappa shape index (κ1) is 28.0. The minimum atomic E-state index is -4.93.